The van der Waals surface area contributed by atoms with Crippen LogP contribution in [0.4, 0.5) is 0 Å². The summed E-state index contributed by atoms with van der Waals surface area (Å²) in [5.41, 5.74) is 1.43. The van der Waals surface area contributed by atoms with Gasteiger partial charge in [0.2, 0.25) is 0 Å². The van der Waals surface area contributed by atoms with Crippen molar-refractivity contribution in [3.63, 3.8) is 0 Å². The minimum absolute atomic E-state index is 0.0823. The van der Waals surface area contributed by atoms with Crippen molar-refractivity contribution >= 4 is 24.6 Å². The van der Waals surface area contributed by atoms with Crippen molar-refractivity contribution in [2.45, 2.75) is 12.5 Å². The molecule has 10 heavy (non-hydrogen) atoms. The molecule has 1 unspecified atom stereocenters. The third kappa shape index (κ3) is 0.898. The summed E-state index contributed by atoms with van der Waals surface area (Å²) in [6, 6.07) is 2.21. The van der Waals surface area contributed by atoms with Gasteiger partial charge >= 0.3 is 0 Å². The molecule has 0 saturated carbocycles. The molecule has 1 aromatic heterocycles. The van der Waals surface area contributed by atoms with E-state index in [0.717, 1.165) is 6.61 Å². The van der Waals surface area contributed by atoms with Crippen molar-refractivity contribution < 1.29 is 4.74 Å². The number of hydrogen-bond donors (Lipinski definition) is 0. The molecule has 3 heteroatoms. The summed E-state index contributed by atoms with van der Waals surface area (Å²) < 4.78 is 5.31. The van der Waals surface area contributed by atoms with Crippen molar-refractivity contribution in [3.05, 3.63) is 16.3 Å². The fourth-order valence-electron chi connectivity index (χ4n) is 0.959. The lowest BCUT2D eigenvalue weighted by atomic mass is 9.99. The number of hydrogen-bond acceptors (Lipinski definition) is 2. The van der Waals surface area contributed by atoms with Crippen LogP contribution >= 0.6 is 11.3 Å². The maximum absolute atomic E-state index is 5.31. The summed E-state index contributed by atoms with van der Waals surface area (Å²) in [7, 11) is 2.12. The van der Waals surface area contributed by atoms with E-state index in [4.69, 9.17) is 4.74 Å². The Morgan fingerprint density at radius 3 is 2.90 bits per heavy atom. The SMILES string of the molecule is Bc1csc(C2(C)CO2)c1. The van der Waals surface area contributed by atoms with Crippen LogP contribution in [0.5, 0.6) is 0 Å². The smallest absolute Gasteiger partial charge is 0.140 e. The van der Waals surface area contributed by atoms with Gasteiger partial charge in [-0.1, -0.05) is 11.5 Å². The molecule has 1 aromatic rings. The summed E-state index contributed by atoms with van der Waals surface area (Å²) in [4.78, 5) is 1.37. The molecule has 1 atom stereocenters. The van der Waals surface area contributed by atoms with Gasteiger partial charge in [-0.3, -0.25) is 0 Å². The molecule has 0 bridgehead atoms. The van der Waals surface area contributed by atoms with Gasteiger partial charge in [-0.15, -0.1) is 11.3 Å². The predicted molar refractivity (Wildman–Crippen MR) is 45.8 cm³/mol. The highest BCUT2D eigenvalue weighted by Crippen LogP contribution is 2.39. The Balaban J connectivity index is 2.34. The highest BCUT2D eigenvalue weighted by molar-refractivity contribution is 7.11. The van der Waals surface area contributed by atoms with Gasteiger partial charge in [-0.2, -0.15) is 0 Å². The molecule has 1 fully saturated rings. The van der Waals surface area contributed by atoms with Crippen LogP contribution in [-0.4, -0.2) is 14.5 Å². The fourth-order valence-corrected chi connectivity index (χ4v) is 1.96. The molecule has 0 aromatic carbocycles. The number of epoxide rings is 1. The van der Waals surface area contributed by atoms with Gasteiger partial charge in [0, 0.05) is 4.88 Å². The zero-order valence-electron chi connectivity index (χ0n) is 6.18. The average molecular weight is 152 g/mol. The summed E-state index contributed by atoms with van der Waals surface area (Å²) in [5, 5.41) is 2.17. The lowest BCUT2D eigenvalue weighted by molar-refractivity contribution is 0.334. The second-order valence-electron chi connectivity index (χ2n) is 3.01. The monoisotopic (exact) mass is 152 g/mol. The van der Waals surface area contributed by atoms with E-state index in [-0.39, 0.29) is 5.60 Å². The van der Waals surface area contributed by atoms with E-state index in [1.54, 1.807) is 11.3 Å². The first-order valence-electron chi connectivity index (χ1n) is 3.40. The molecular formula is C7H9BOS. The number of thiophene rings is 1. The lowest BCUT2D eigenvalue weighted by Crippen LogP contribution is -2.01. The van der Waals surface area contributed by atoms with Crippen LogP contribution in [-0.2, 0) is 10.3 Å². The molecule has 1 saturated heterocycles. The maximum atomic E-state index is 5.31. The van der Waals surface area contributed by atoms with Crippen molar-refractivity contribution in [1.82, 2.24) is 0 Å². The average Bonchev–Trinajstić information content (AvgIpc) is 2.45. The molecular weight excluding hydrogens is 143 g/mol. The van der Waals surface area contributed by atoms with Crippen LogP contribution in [0.15, 0.2) is 11.4 Å². The Kier molecular flexibility index (Phi) is 1.20. The fraction of sp³-hybridized carbons (Fsp3) is 0.429. The first-order valence-corrected chi connectivity index (χ1v) is 4.28. The topological polar surface area (TPSA) is 12.5 Å². The van der Waals surface area contributed by atoms with Crippen LogP contribution in [0, 0.1) is 0 Å². The van der Waals surface area contributed by atoms with Gasteiger partial charge in [-0.05, 0) is 12.3 Å². The van der Waals surface area contributed by atoms with Crippen molar-refractivity contribution in [2.75, 3.05) is 6.61 Å². The second-order valence-corrected chi connectivity index (χ2v) is 3.92. The van der Waals surface area contributed by atoms with E-state index < -0.39 is 0 Å². The van der Waals surface area contributed by atoms with Gasteiger partial charge in [0.05, 0.1) is 6.61 Å². The highest BCUT2D eigenvalue weighted by Gasteiger charge is 2.42. The molecule has 0 spiro atoms. The molecule has 0 amide bonds. The minimum atomic E-state index is 0.0823. The van der Waals surface area contributed by atoms with Gasteiger partial charge in [-0.25, -0.2) is 0 Å². The lowest BCUT2D eigenvalue weighted by Gasteiger charge is -1.97. The van der Waals surface area contributed by atoms with Crippen LogP contribution in [0.1, 0.15) is 11.8 Å². The zero-order chi connectivity index (χ0) is 7.19. The summed E-state index contributed by atoms with van der Waals surface area (Å²) in [6.07, 6.45) is 0. The third-order valence-corrected chi connectivity index (χ3v) is 3.12. The molecule has 52 valence electrons. The predicted octanol–water partition coefficient (Wildman–Crippen LogP) is 0.252. The van der Waals surface area contributed by atoms with E-state index in [0.29, 0.717) is 0 Å². The normalized spacial score (nSPS) is 30.5. The first-order chi connectivity index (χ1) is 4.71. The maximum Gasteiger partial charge on any atom is 0.140 e. The van der Waals surface area contributed by atoms with Crippen LogP contribution in [0.25, 0.3) is 0 Å². The molecule has 2 rings (SSSR count). The minimum Gasteiger partial charge on any atom is -0.364 e. The van der Waals surface area contributed by atoms with Crippen molar-refractivity contribution in [2.24, 2.45) is 0 Å². The van der Waals surface area contributed by atoms with Gasteiger partial charge in [0.15, 0.2) is 0 Å². The molecule has 0 radical (unpaired) electrons. The quantitative estimate of drug-likeness (QED) is 0.415. The molecule has 1 aliphatic heterocycles. The standard InChI is InChI=1S/C7H9BOS/c1-7(4-9-7)6-2-5(8)3-10-6/h2-3H,4,8H2,1H3. The van der Waals surface area contributed by atoms with E-state index >= 15 is 0 Å². The number of rotatable bonds is 1. The molecule has 1 aliphatic rings. The van der Waals surface area contributed by atoms with Crippen LogP contribution in [0.3, 0.4) is 0 Å². The molecule has 0 N–H and O–H groups in total. The third-order valence-electron chi connectivity index (χ3n) is 1.83. The molecule has 0 aliphatic carbocycles. The summed E-state index contributed by atoms with van der Waals surface area (Å²) in [6.45, 7) is 3.03. The van der Waals surface area contributed by atoms with Crippen LogP contribution in [0.2, 0.25) is 0 Å². The van der Waals surface area contributed by atoms with E-state index in [2.05, 4.69) is 26.2 Å². The summed E-state index contributed by atoms with van der Waals surface area (Å²) >= 11 is 1.79. The second kappa shape index (κ2) is 1.86. The van der Waals surface area contributed by atoms with Gasteiger partial charge < -0.3 is 4.74 Å². The van der Waals surface area contributed by atoms with Crippen molar-refractivity contribution in [3.8, 4) is 0 Å². The van der Waals surface area contributed by atoms with E-state index in [9.17, 15) is 0 Å². The van der Waals surface area contributed by atoms with Gasteiger partial charge in [0.25, 0.3) is 0 Å². The molecule has 2 heterocycles. The largest absolute Gasteiger partial charge is 0.364 e. The Labute approximate surface area is 65.4 Å². The van der Waals surface area contributed by atoms with E-state index in [1.807, 2.05) is 0 Å². The Morgan fingerprint density at radius 2 is 2.50 bits per heavy atom. The zero-order valence-corrected chi connectivity index (χ0v) is 6.99. The number of ether oxygens (including phenoxy) is 1. The van der Waals surface area contributed by atoms with Gasteiger partial charge in [0.1, 0.15) is 13.4 Å². The Morgan fingerprint density at radius 1 is 1.80 bits per heavy atom. The summed E-state index contributed by atoms with van der Waals surface area (Å²) in [5.74, 6) is 0. The first kappa shape index (κ1) is 6.44. The Hall–Kier alpha value is -0.275. The van der Waals surface area contributed by atoms with Crippen molar-refractivity contribution in [1.29, 1.82) is 0 Å². The molecule has 1 nitrogen and oxygen atoms in total. The highest BCUT2D eigenvalue weighted by atomic mass is 32.1. The van der Waals surface area contributed by atoms with Crippen LogP contribution < -0.4 is 5.46 Å². The Bertz CT molecular complexity index is 252. The van der Waals surface area contributed by atoms with E-state index in [1.165, 1.54) is 10.3 Å².